The lowest BCUT2D eigenvalue weighted by molar-refractivity contribution is 0.0681. The van der Waals surface area contributed by atoms with Crippen LogP contribution in [0.4, 0.5) is 0 Å². The molecule has 0 amide bonds. The van der Waals surface area contributed by atoms with Gasteiger partial charge in [-0.05, 0) is 32.9 Å². The van der Waals surface area contributed by atoms with Crippen molar-refractivity contribution in [3.63, 3.8) is 0 Å². The first kappa shape index (κ1) is 11.0. The number of nitrogens with zero attached hydrogens (tertiary/aromatic N) is 1. The molecule has 0 heterocycles. The van der Waals surface area contributed by atoms with Crippen LogP contribution in [0.5, 0.6) is 0 Å². The summed E-state index contributed by atoms with van der Waals surface area (Å²) in [7, 11) is 4.07. The Morgan fingerprint density at radius 2 is 2.00 bits per heavy atom. The molecule has 2 atom stereocenters. The van der Waals surface area contributed by atoms with Gasteiger partial charge in [-0.3, -0.25) is 0 Å². The SMILES string of the molecule is CCN(C)[C@@H]1CCCC[C@@H](OC)C1. The van der Waals surface area contributed by atoms with Gasteiger partial charge in [-0.15, -0.1) is 0 Å². The fraction of sp³-hybridized carbons (Fsp3) is 1.00. The zero-order valence-corrected chi connectivity index (χ0v) is 9.25. The lowest BCUT2D eigenvalue weighted by Crippen LogP contribution is -2.33. The summed E-state index contributed by atoms with van der Waals surface area (Å²) in [5.41, 5.74) is 0. The van der Waals surface area contributed by atoms with Crippen LogP contribution < -0.4 is 0 Å². The van der Waals surface area contributed by atoms with Crippen LogP contribution >= 0.6 is 0 Å². The van der Waals surface area contributed by atoms with E-state index in [4.69, 9.17) is 4.74 Å². The zero-order chi connectivity index (χ0) is 9.68. The normalized spacial score (nSPS) is 30.5. The molecule has 0 unspecified atom stereocenters. The second-order valence-electron chi connectivity index (χ2n) is 4.10. The third-order valence-electron chi connectivity index (χ3n) is 3.30. The minimum atomic E-state index is 0.501. The van der Waals surface area contributed by atoms with Gasteiger partial charge in [0.15, 0.2) is 0 Å². The highest BCUT2D eigenvalue weighted by molar-refractivity contribution is 4.76. The molecule has 0 spiro atoms. The quantitative estimate of drug-likeness (QED) is 0.625. The van der Waals surface area contributed by atoms with E-state index in [-0.39, 0.29) is 0 Å². The average Bonchev–Trinajstić information content (AvgIpc) is 2.41. The van der Waals surface area contributed by atoms with Crippen molar-refractivity contribution in [2.24, 2.45) is 0 Å². The molecular formula is C11H23NO. The third kappa shape index (κ3) is 3.28. The second-order valence-corrected chi connectivity index (χ2v) is 4.10. The Balaban J connectivity index is 2.43. The van der Waals surface area contributed by atoms with E-state index in [1.165, 1.54) is 32.1 Å². The summed E-state index contributed by atoms with van der Waals surface area (Å²) in [4.78, 5) is 2.46. The molecule has 2 nitrogen and oxygen atoms in total. The molecule has 0 aromatic heterocycles. The smallest absolute Gasteiger partial charge is 0.0586 e. The van der Waals surface area contributed by atoms with Gasteiger partial charge in [0, 0.05) is 13.2 Å². The first-order valence-electron chi connectivity index (χ1n) is 5.51. The number of hydrogen-bond donors (Lipinski definition) is 0. The van der Waals surface area contributed by atoms with Crippen LogP contribution in [0.3, 0.4) is 0 Å². The molecule has 0 bridgehead atoms. The topological polar surface area (TPSA) is 12.5 Å². The first-order valence-corrected chi connectivity index (χ1v) is 5.51. The van der Waals surface area contributed by atoms with Crippen LogP contribution in [0.15, 0.2) is 0 Å². The minimum absolute atomic E-state index is 0.501. The Labute approximate surface area is 82.3 Å². The van der Waals surface area contributed by atoms with E-state index in [1.54, 1.807) is 0 Å². The Kier molecular flexibility index (Phi) is 4.74. The first-order chi connectivity index (χ1) is 6.27. The van der Waals surface area contributed by atoms with Crippen molar-refractivity contribution in [3.8, 4) is 0 Å². The summed E-state index contributed by atoms with van der Waals surface area (Å²) in [6, 6.07) is 0.748. The molecule has 78 valence electrons. The van der Waals surface area contributed by atoms with E-state index in [0.717, 1.165) is 12.6 Å². The summed E-state index contributed by atoms with van der Waals surface area (Å²) >= 11 is 0. The maximum atomic E-state index is 5.47. The van der Waals surface area contributed by atoms with Gasteiger partial charge in [0.2, 0.25) is 0 Å². The Morgan fingerprint density at radius 3 is 2.62 bits per heavy atom. The maximum absolute atomic E-state index is 5.47. The molecule has 0 N–H and O–H groups in total. The van der Waals surface area contributed by atoms with E-state index in [2.05, 4.69) is 18.9 Å². The van der Waals surface area contributed by atoms with Crippen molar-refractivity contribution in [1.82, 2.24) is 4.90 Å². The molecule has 0 aromatic carbocycles. The second kappa shape index (κ2) is 5.61. The largest absolute Gasteiger partial charge is 0.381 e. The van der Waals surface area contributed by atoms with E-state index >= 15 is 0 Å². The molecule has 0 aliphatic heterocycles. The van der Waals surface area contributed by atoms with Gasteiger partial charge in [-0.2, -0.15) is 0 Å². The van der Waals surface area contributed by atoms with Crippen LogP contribution in [0.1, 0.15) is 39.0 Å². The van der Waals surface area contributed by atoms with Crippen LogP contribution in [0.25, 0.3) is 0 Å². The monoisotopic (exact) mass is 185 g/mol. The average molecular weight is 185 g/mol. The summed E-state index contributed by atoms with van der Waals surface area (Å²) in [6.45, 7) is 3.38. The number of ether oxygens (including phenoxy) is 1. The molecule has 0 radical (unpaired) electrons. The highest BCUT2D eigenvalue weighted by Crippen LogP contribution is 2.22. The Bertz CT molecular complexity index is 138. The molecule has 0 aromatic rings. The molecule has 2 heteroatoms. The van der Waals surface area contributed by atoms with Crippen molar-refractivity contribution in [1.29, 1.82) is 0 Å². The van der Waals surface area contributed by atoms with Gasteiger partial charge in [0.1, 0.15) is 0 Å². The van der Waals surface area contributed by atoms with Gasteiger partial charge in [-0.1, -0.05) is 19.8 Å². The molecule has 1 rings (SSSR count). The van der Waals surface area contributed by atoms with Crippen molar-refractivity contribution < 1.29 is 4.74 Å². The molecule has 1 saturated carbocycles. The van der Waals surface area contributed by atoms with Gasteiger partial charge in [0.05, 0.1) is 6.10 Å². The van der Waals surface area contributed by atoms with Crippen LogP contribution in [-0.4, -0.2) is 37.7 Å². The van der Waals surface area contributed by atoms with Gasteiger partial charge in [0.25, 0.3) is 0 Å². The number of methoxy groups -OCH3 is 1. The van der Waals surface area contributed by atoms with E-state index in [9.17, 15) is 0 Å². The molecule has 0 saturated heterocycles. The maximum Gasteiger partial charge on any atom is 0.0586 e. The Morgan fingerprint density at radius 1 is 1.31 bits per heavy atom. The van der Waals surface area contributed by atoms with Crippen LogP contribution in [0.2, 0.25) is 0 Å². The van der Waals surface area contributed by atoms with Crippen LogP contribution in [-0.2, 0) is 4.74 Å². The third-order valence-corrected chi connectivity index (χ3v) is 3.30. The molecular weight excluding hydrogens is 162 g/mol. The van der Waals surface area contributed by atoms with Crippen LogP contribution in [0, 0.1) is 0 Å². The zero-order valence-electron chi connectivity index (χ0n) is 9.25. The van der Waals surface area contributed by atoms with Gasteiger partial charge < -0.3 is 9.64 Å². The highest BCUT2D eigenvalue weighted by atomic mass is 16.5. The van der Waals surface area contributed by atoms with E-state index < -0.39 is 0 Å². The standard InChI is InChI=1S/C11H23NO/c1-4-12(2)10-7-5-6-8-11(9-10)13-3/h10-11H,4-9H2,1-3H3/t10-,11-/m1/s1. The molecule has 13 heavy (non-hydrogen) atoms. The molecule has 1 aliphatic carbocycles. The molecule has 1 fully saturated rings. The summed E-state index contributed by atoms with van der Waals surface area (Å²) < 4.78 is 5.47. The van der Waals surface area contributed by atoms with Crippen molar-refractivity contribution in [2.45, 2.75) is 51.2 Å². The Hall–Kier alpha value is -0.0800. The molecule has 1 aliphatic rings. The number of hydrogen-bond acceptors (Lipinski definition) is 2. The summed E-state index contributed by atoms with van der Waals surface area (Å²) in [5, 5.41) is 0. The van der Waals surface area contributed by atoms with E-state index in [1.807, 2.05) is 7.11 Å². The predicted molar refractivity (Wildman–Crippen MR) is 56.0 cm³/mol. The highest BCUT2D eigenvalue weighted by Gasteiger charge is 2.21. The summed E-state index contributed by atoms with van der Waals surface area (Å²) in [6.07, 6.45) is 7.04. The van der Waals surface area contributed by atoms with Crippen molar-refractivity contribution >= 4 is 0 Å². The fourth-order valence-corrected chi connectivity index (χ4v) is 2.16. The van der Waals surface area contributed by atoms with Crippen molar-refractivity contribution in [3.05, 3.63) is 0 Å². The number of rotatable bonds is 3. The fourth-order valence-electron chi connectivity index (χ4n) is 2.16. The van der Waals surface area contributed by atoms with Crippen molar-refractivity contribution in [2.75, 3.05) is 20.7 Å². The lowest BCUT2D eigenvalue weighted by Gasteiger charge is -2.27. The predicted octanol–water partition coefficient (Wildman–Crippen LogP) is 2.29. The lowest BCUT2D eigenvalue weighted by atomic mass is 10.1. The summed E-state index contributed by atoms with van der Waals surface area (Å²) in [5.74, 6) is 0. The minimum Gasteiger partial charge on any atom is -0.381 e. The van der Waals surface area contributed by atoms with E-state index in [0.29, 0.717) is 6.10 Å². The van der Waals surface area contributed by atoms with Gasteiger partial charge in [-0.25, -0.2) is 0 Å². The van der Waals surface area contributed by atoms with Gasteiger partial charge >= 0.3 is 0 Å².